The van der Waals surface area contributed by atoms with Crippen LogP contribution in [0.1, 0.15) is 38.3 Å². The van der Waals surface area contributed by atoms with Crippen LogP contribution in [-0.4, -0.2) is 24.5 Å². The zero-order valence-electron chi connectivity index (χ0n) is 12.2. The minimum absolute atomic E-state index is 0.0237. The highest BCUT2D eigenvalue weighted by molar-refractivity contribution is 6.13. The fourth-order valence-electron chi connectivity index (χ4n) is 3.87. The van der Waals surface area contributed by atoms with Crippen molar-refractivity contribution in [3.8, 4) is 0 Å². The number of nitrogens with zero attached hydrogens (tertiary/aromatic N) is 2. The zero-order valence-corrected chi connectivity index (χ0v) is 12.2. The SMILES string of the molecule is CCc1cccc2c1N(C)CC1(CC1(C)C)/C2=N\O. The molecule has 0 amide bonds. The fourth-order valence-corrected chi connectivity index (χ4v) is 3.87. The fraction of sp³-hybridized carbons (Fsp3) is 0.562. The minimum Gasteiger partial charge on any atom is -0.411 e. The lowest BCUT2D eigenvalue weighted by atomic mass is 9.81. The summed E-state index contributed by atoms with van der Waals surface area (Å²) in [7, 11) is 2.16. The molecular formula is C16H22N2O. The van der Waals surface area contributed by atoms with Crippen LogP contribution in [0.4, 0.5) is 5.69 Å². The molecule has 3 rings (SSSR count). The Morgan fingerprint density at radius 1 is 1.37 bits per heavy atom. The summed E-state index contributed by atoms with van der Waals surface area (Å²) < 4.78 is 0. The number of benzene rings is 1. The zero-order chi connectivity index (χ0) is 13.8. The summed E-state index contributed by atoms with van der Waals surface area (Å²) in [5.74, 6) is 0. The quantitative estimate of drug-likeness (QED) is 0.620. The van der Waals surface area contributed by atoms with Crippen molar-refractivity contribution in [3.63, 3.8) is 0 Å². The molecule has 1 aliphatic heterocycles. The van der Waals surface area contributed by atoms with Gasteiger partial charge in [-0.25, -0.2) is 0 Å². The first-order valence-electron chi connectivity index (χ1n) is 7.03. The number of para-hydroxylation sites is 1. The van der Waals surface area contributed by atoms with E-state index in [1.807, 2.05) is 0 Å². The lowest BCUT2D eigenvalue weighted by Crippen LogP contribution is -2.41. The lowest BCUT2D eigenvalue weighted by molar-refractivity contribution is 0.310. The van der Waals surface area contributed by atoms with Gasteiger partial charge in [-0.05, 0) is 23.8 Å². The number of anilines is 1. The molecule has 0 aromatic heterocycles. The number of hydrogen-bond acceptors (Lipinski definition) is 3. The predicted molar refractivity (Wildman–Crippen MR) is 78.2 cm³/mol. The monoisotopic (exact) mass is 258 g/mol. The van der Waals surface area contributed by atoms with Crippen molar-refractivity contribution in [2.24, 2.45) is 16.0 Å². The van der Waals surface area contributed by atoms with Crippen molar-refractivity contribution < 1.29 is 5.21 Å². The van der Waals surface area contributed by atoms with Gasteiger partial charge in [0.1, 0.15) is 0 Å². The van der Waals surface area contributed by atoms with Crippen molar-refractivity contribution >= 4 is 11.4 Å². The Morgan fingerprint density at radius 2 is 2.05 bits per heavy atom. The van der Waals surface area contributed by atoms with E-state index in [9.17, 15) is 5.21 Å². The molecule has 1 aliphatic carbocycles. The second kappa shape index (κ2) is 3.75. The van der Waals surface area contributed by atoms with Gasteiger partial charge < -0.3 is 10.1 Å². The molecule has 1 aromatic rings. The maximum absolute atomic E-state index is 9.56. The molecule has 2 aliphatic rings. The summed E-state index contributed by atoms with van der Waals surface area (Å²) in [4.78, 5) is 2.34. The van der Waals surface area contributed by atoms with Crippen LogP contribution < -0.4 is 4.90 Å². The van der Waals surface area contributed by atoms with Gasteiger partial charge in [0, 0.05) is 30.3 Å². The average molecular weight is 258 g/mol. The van der Waals surface area contributed by atoms with Gasteiger partial charge in [0.05, 0.1) is 5.71 Å². The molecule has 0 bridgehead atoms. The van der Waals surface area contributed by atoms with Gasteiger partial charge in [-0.1, -0.05) is 44.1 Å². The molecule has 3 nitrogen and oxygen atoms in total. The largest absolute Gasteiger partial charge is 0.411 e. The van der Waals surface area contributed by atoms with Crippen molar-refractivity contribution in [1.29, 1.82) is 0 Å². The summed E-state index contributed by atoms with van der Waals surface area (Å²) in [5.41, 5.74) is 4.82. The highest BCUT2D eigenvalue weighted by Gasteiger charge is 2.66. The molecule has 0 saturated heterocycles. The van der Waals surface area contributed by atoms with E-state index in [0.29, 0.717) is 0 Å². The van der Waals surface area contributed by atoms with Gasteiger partial charge in [0.25, 0.3) is 0 Å². The summed E-state index contributed by atoms with van der Waals surface area (Å²) in [6, 6.07) is 6.33. The van der Waals surface area contributed by atoms with Crippen molar-refractivity contribution in [1.82, 2.24) is 0 Å². The minimum atomic E-state index is 0.0237. The molecule has 0 radical (unpaired) electrons. The van der Waals surface area contributed by atoms with Crippen molar-refractivity contribution in [2.75, 3.05) is 18.5 Å². The Bertz CT molecular complexity index is 562. The molecule has 1 aromatic carbocycles. The summed E-state index contributed by atoms with van der Waals surface area (Å²) in [6.45, 7) is 7.65. The number of hydrogen-bond donors (Lipinski definition) is 1. The first kappa shape index (κ1) is 12.5. The van der Waals surface area contributed by atoms with Crippen LogP contribution in [-0.2, 0) is 6.42 Å². The Hall–Kier alpha value is -1.51. The summed E-state index contributed by atoms with van der Waals surface area (Å²) in [6.07, 6.45) is 2.10. The van der Waals surface area contributed by atoms with Gasteiger partial charge >= 0.3 is 0 Å². The van der Waals surface area contributed by atoms with Gasteiger partial charge in [0.15, 0.2) is 0 Å². The molecule has 1 N–H and O–H groups in total. The van der Waals surface area contributed by atoms with Crippen LogP contribution in [0.25, 0.3) is 0 Å². The lowest BCUT2D eigenvalue weighted by Gasteiger charge is -2.37. The van der Waals surface area contributed by atoms with E-state index in [1.165, 1.54) is 11.3 Å². The standard InChI is InChI=1S/C16H22N2O/c1-5-11-7-6-8-12-13(11)18(4)10-16(14(12)17-19)9-15(16,2)3/h6-8,19H,5,9-10H2,1-4H3/b17-14-. The van der Waals surface area contributed by atoms with Crippen LogP contribution >= 0.6 is 0 Å². The normalized spacial score (nSPS) is 29.7. The molecule has 1 saturated carbocycles. The molecular weight excluding hydrogens is 236 g/mol. The van der Waals surface area contributed by atoms with Crippen molar-refractivity contribution in [3.05, 3.63) is 29.3 Å². The average Bonchev–Trinajstić information content (AvgIpc) is 2.90. The molecule has 3 heteroatoms. The van der Waals surface area contributed by atoms with Crippen molar-refractivity contribution in [2.45, 2.75) is 33.6 Å². The van der Waals surface area contributed by atoms with E-state index in [1.54, 1.807) is 0 Å². The van der Waals surface area contributed by atoms with E-state index in [-0.39, 0.29) is 10.8 Å². The summed E-state index contributed by atoms with van der Waals surface area (Å²) in [5, 5.41) is 13.3. The third kappa shape index (κ3) is 1.47. The van der Waals surface area contributed by atoms with E-state index in [0.717, 1.165) is 30.7 Å². The Balaban J connectivity index is 2.20. The third-order valence-corrected chi connectivity index (χ3v) is 5.11. The van der Waals surface area contributed by atoms with Crippen LogP contribution in [0, 0.1) is 10.8 Å². The third-order valence-electron chi connectivity index (χ3n) is 5.11. The van der Waals surface area contributed by atoms with E-state index >= 15 is 0 Å². The van der Waals surface area contributed by atoms with Gasteiger partial charge in [-0.3, -0.25) is 0 Å². The Labute approximate surface area is 114 Å². The first-order valence-corrected chi connectivity index (χ1v) is 7.03. The van der Waals surface area contributed by atoms with Gasteiger partial charge in [0.2, 0.25) is 0 Å². The second-order valence-electron chi connectivity index (χ2n) is 6.61. The Kier molecular flexibility index (Phi) is 2.47. The van der Waals surface area contributed by atoms with Gasteiger partial charge in [-0.2, -0.15) is 0 Å². The molecule has 1 fully saturated rings. The molecule has 1 spiro atoms. The molecule has 1 atom stereocenters. The van der Waals surface area contributed by atoms with E-state index in [2.05, 4.69) is 56.1 Å². The predicted octanol–water partition coefficient (Wildman–Crippen LogP) is 3.29. The number of fused-ring (bicyclic) bond motifs is 1. The number of rotatable bonds is 1. The molecule has 102 valence electrons. The molecule has 1 unspecified atom stereocenters. The van der Waals surface area contributed by atoms with Crippen LogP contribution in [0.3, 0.4) is 0 Å². The maximum atomic E-state index is 9.56. The summed E-state index contributed by atoms with van der Waals surface area (Å²) >= 11 is 0. The van der Waals surface area contributed by atoms with Crippen LogP contribution in [0.15, 0.2) is 23.4 Å². The van der Waals surface area contributed by atoms with Crippen LogP contribution in [0.2, 0.25) is 0 Å². The second-order valence-corrected chi connectivity index (χ2v) is 6.61. The van der Waals surface area contributed by atoms with Gasteiger partial charge in [-0.15, -0.1) is 0 Å². The molecule has 1 heterocycles. The number of oxime groups is 1. The smallest absolute Gasteiger partial charge is 0.0973 e. The highest BCUT2D eigenvalue weighted by Crippen LogP contribution is 2.67. The number of aryl methyl sites for hydroxylation is 1. The Morgan fingerprint density at radius 3 is 2.58 bits per heavy atom. The molecule has 19 heavy (non-hydrogen) atoms. The van der Waals surface area contributed by atoms with E-state index < -0.39 is 0 Å². The van der Waals surface area contributed by atoms with E-state index in [4.69, 9.17) is 0 Å². The maximum Gasteiger partial charge on any atom is 0.0973 e. The highest BCUT2D eigenvalue weighted by atomic mass is 16.4. The topological polar surface area (TPSA) is 35.8 Å². The first-order chi connectivity index (χ1) is 8.97. The van der Waals surface area contributed by atoms with Crippen LogP contribution in [0.5, 0.6) is 0 Å².